The van der Waals surface area contributed by atoms with Gasteiger partial charge in [-0.05, 0) is 50.2 Å². The first kappa shape index (κ1) is 17.7. The highest BCUT2D eigenvalue weighted by molar-refractivity contribution is 6.06. The van der Waals surface area contributed by atoms with Crippen LogP contribution in [0.15, 0.2) is 42.5 Å². The van der Waals surface area contributed by atoms with Crippen molar-refractivity contribution in [1.29, 1.82) is 0 Å². The number of hydrogen-bond donors (Lipinski definition) is 0. The Labute approximate surface area is 157 Å². The highest BCUT2D eigenvalue weighted by Gasteiger charge is 2.55. The van der Waals surface area contributed by atoms with Crippen molar-refractivity contribution in [2.24, 2.45) is 0 Å². The molecule has 1 spiro atoms. The topological polar surface area (TPSA) is 65.1 Å². The zero-order chi connectivity index (χ0) is 19.0. The van der Waals surface area contributed by atoms with Gasteiger partial charge in [0.2, 0.25) is 0 Å². The molecule has 2 aromatic carbocycles. The van der Waals surface area contributed by atoms with Crippen molar-refractivity contribution in [3.05, 3.63) is 59.2 Å². The zero-order valence-corrected chi connectivity index (χ0v) is 15.4. The third-order valence-corrected chi connectivity index (χ3v) is 4.86. The number of ketones is 1. The van der Waals surface area contributed by atoms with Gasteiger partial charge in [-0.15, -0.1) is 0 Å². The first-order valence-corrected chi connectivity index (χ1v) is 8.96. The molecule has 6 heteroatoms. The van der Waals surface area contributed by atoms with Crippen molar-refractivity contribution in [2.45, 2.75) is 19.6 Å². The molecule has 140 valence electrons. The van der Waals surface area contributed by atoms with Gasteiger partial charge in [-0.2, -0.15) is 0 Å². The molecule has 0 saturated carbocycles. The number of anilines is 1. The van der Waals surface area contributed by atoms with Crippen LogP contribution in [-0.4, -0.2) is 38.1 Å². The number of rotatable bonds is 5. The minimum Gasteiger partial charge on any atom is -0.492 e. The Hall–Kier alpha value is -2.70. The van der Waals surface area contributed by atoms with E-state index in [0.717, 1.165) is 16.8 Å². The number of amides is 1. The maximum atomic E-state index is 13.0. The van der Waals surface area contributed by atoms with Crippen LogP contribution in [0.1, 0.15) is 28.4 Å². The molecule has 2 heterocycles. The molecule has 2 aliphatic heterocycles. The van der Waals surface area contributed by atoms with Crippen LogP contribution >= 0.6 is 0 Å². The Morgan fingerprint density at radius 2 is 1.85 bits per heavy atom. The molecule has 2 aromatic rings. The first-order chi connectivity index (χ1) is 13.0. The first-order valence-electron chi connectivity index (χ1n) is 8.96. The van der Waals surface area contributed by atoms with E-state index >= 15 is 0 Å². The molecule has 6 nitrogen and oxygen atoms in total. The normalized spacial score (nSPS) is 17.4. The van der Waals surface area contributed by atoms with Crippen LogP contribution in [0.4, 0.5) is 5.69 Å². The number of ether oxygens (including phenoxy) is 3. The van der Waals surface area contributed by atoms with Gasteiger partial charge in [-0.1, -0.05) is 11.6 Å². The molecule has 0 radical (unpaired) electrons. The molecule has 0 N–H and O–H groups in total. The second-order valence-corrected chi connectivity index (χ2v) is 6.72. The van der Waals surface area contributed by atoms with E-state index in [1.807, 2.05) is 25.1 Å². The molecule has 0 bridgehead atoms. The highest BCUT2D eigenvalue weighted by atomic mass is 16.7. The number of aryl methyl sites for hydroxylation is 1. The summed E-state index contributed by atoms with van der Waals surface area (Å²) in [6.07, 6.45) is 0. The van der Waals surface area contributed by atoms with Gasteiger partial charge in [0.15, 0.2) is 5.78 Å². The van der Waals surface area contributed by atoms with Crippen LogP contribution in [-0.2, 0) is 20.1 Å². The van der Waals surface area contributed by atoms with E-state index in [1.165, 1.54) is 6.92 Å². The number of carbonyl (C=O) groups is 2. The average Bonchev–Trinajstić information content (AvgIpc) is 3.23. The fourth-order valence-corrected chi connectivity index (χ4v) is 3.51. The Morgan fingerprint density at radius 1 is 1.15 bits per heavy atom. The van der Waals surface area contributed by atoms with E-state index in [1.54, 1.807) is 29.2 Å². The van der Waals surface area contributed by atoms with Crippen molar-refractivity contribution in [2.75, 3.05) is 31.3 Å². The summed E-state index contributed by atoms with van der Waals surface area (Å²) in [5.41, 5.74) is 3.24. The summed E-state index contributed by atoms with van der Waals surface area (Å²) >= 11 is 0. The van der Waals surface area contributed by atoms with E-state index in [-0.39, 0.29) is 11.7 Å². The average molecular weight is 367 g/mol. The van der Waals surface area contributed by atoms with Crippen molar-refractivity contribution in [3.63, 3.8) is 0 Å². The second-order valence-electron chi connectivity index (χ2n) is 6.72. The number of Topliss-reactive ketones (excluding diaryl/α,β-unsaturated/α-hetero) is 1. The van der Waals surface area contributed by atoms with E-state index in [9.17, 15) is 9.59 Å². The van der Waals surface area contributed by atoms with E-state index in [2.05, 4.69) is 0 Å². The minimum atomic E-state index is -1.31. The third-order valence-electron chi connectivity index (χ3n) is 4.86. The van der Waals surface area contributed by atoms with Crippen LogP contribution in [0, 0.1) is 6.92 Å². The lowest BCUT2D eigenvalue weighted by atomic mass is 10.0. The predicted octanol–water partition coefficient (Wildman–Crippen LogP) is 2.82. The molecule has 0 atom stereocenters. The van der Waals surface area contributed by atoms with E-state index in [4.69, 9.17) is 14.2 Å². The summed E-state index contributed by atoms with van der Waals surface area (Å²) in [7, 11) is 0. The van der Waals surface area contributed by atoms with Crippen LogP contribution in [0.2, 0.25) is 0 Å². The smallest absolute Gasteiger partial charge is 0.292 e. The summed E-state index contributed by atoms with van der Waals surface area (Å²) < 4.78 is 17.2. The van der Waals surface area contributed by atoms with Gasteiger partial charge in [0.25, 0.3) is 11.7 Å². The molecule has 0 unspecified atom stereocenters. The molecular formula is C21H21NO5. The standard InChI is InChI=1S/C21H21NO5/c1-14-3-8-19-18(13-14)21(26-11-12-27-21)20(24)22(19)9-10-25-17-6-4-16(5-7-17)15(2)23/h3-8,13H,9-12H2,1-2H3. The van der Waals surface area contributed by atoms with Gasteiger partial charge in [0.05, 0.1) is 25.4 Å². The van der Waals surface area contributed by atoms with Gasteiger partial charge in [-0.25, -0.2) is 0 Å². The number of nitrogens with zero attached hydrogens (tertiary/aromatic N) is 1. The Balaban J connectivity index is 1.49. The van der Waals surface area contributed by atoms with Crippen molar-refractivity contribution >= 4 is 17.4 Å². The summed E-state index contributed by atoms with van der Waals surface area (Å²) in [4.78, 5) is 26.0. The van der Waals surface area contributed by atoms with Gasteiger partial charge in [0, 0.05) is 11.1 Å². The van der Waals surface area contributed by atoms with Gasteiger partial charge in [-0.3, -0.25) is 9.59 Å². The van der Waals surface area contributed by atoms with Crippen molar-refractivity contribution in [1.82, 2.24) is 0 Å². The van der Waals surface area contributed by atoms with Crippen LogP contribution in [0.25, 0.3) is 0 Å². The molecule has 1 fully saturated rings. The number of hydrogen-bond acceptors (Lipinski definition) is 5. The fraction of sp³-hybridized carbons (Fsp3) is 0.333. The lowest BCUT2D eigenvalue weighted by molar-refractivity contribution is -0.180. The number of fused-ring (bicyclic) bond motifs is 2. The lowest BCUT2D eigenvalue weighted by Crippen LogP contribution is -2.42. The molecule has 0 aromatic heterocycles. The highest BCUT2D eigenvalue weighted by Crippen LogP contribution is 2.45. The largest absolute Gasteiger partial charge is 0.492 e. The van der Waals surface area contributed by atoms with E-state index < -0.39 is 5.79 Å². The molecule has 2 aliphatic rings. The van der Waals surface area contributed by atoms with Gasteiger partial charge < -0.3 is 19.1 Å². The summed E-state index contributed by atoms with van der Waals surface area (Å²) in [5, 5.41) is 0. The fourth-order valence-electron chi connectivity index (χ4n) is 3.51. The van der Waals surface area contributed by atoms with Crippen LogP contribution in [0.3, 0.4) is 0 Å². The molecular weight excluding hydrogens is 346 g/mol. The maximum Gasteiger partial charge on any atom is 0.292 e. The molecule has 27 heavy (non-hydrogen) atoms. The maximum absolute atomic E-state index is 13.0. The second kappa shape index (κ2) is 6.79. The van der Waals surface area contributed by atoms with Gasteiger partial charge >= 0.3 is 0 Å². The monoisotopic (exact) mass is 367 g/mol. The lowest BCUT2D eigenvalue weighted by Gasteiger charge is -2.22. The zero-order valence-electron chi connectivity index (χ0n) is 15.4. The molecule has 1 amide bonds. The van der Waals surface area contributed by atoms with Crippen molar-refractivity contribution in [3.8, 4) is 5.75 Å². The SMILES string of the molecule is CC(=O)c1ccc(OCCN2C(=O)C3(OCCO3)c3cc(C)ccc32)cc1. The number of benzene rings is 2. The number of carbonyl (C=O) groups excluding carboxylic acids is 2. The Kier molecular flexibility index (Phi) is 4.45. The summed E-state index contributed by atoms with van der Waals surface area (Å²) in [6.45, 7) is 4.98. The molecule has 4 rings (SSSR count). The minimum absolute atomic E-state index is 0.0120. The van der Waals surface area contributed by atoms with Crippen LogP contribution in [0.5, 0.6) is 5.75 Å². The molecule has 0 aliphatic carbocycles. The Morgan fingerprint density at radius 3 is 2.52 bits per heavy atom. The summed E-state index contributed by atoms with van der Waals surface area (Å²) in [5.74, 6) is -0.863. The summed E-state index contributed by atoms with van der Waals surface area (Å²) in [6, 6.07) is 12.8. The predicted molar refractivity (Wildman–Crippen MR) is 99.1 cm³/mol. The molecule has 1 saturated heterocycles. The van der Waals surface area contributed by atoms with Crippen molar-refractivity contribution < 1.29 is 23.8 Å². The quantitative estimate of drug-likeness (QED) is 0.761. The van der Waals surface area contributed by atoms with Crippen LogP contribution < -0.4 is 9.64 Å². The Bertz CT molecular complexity index is 884. The van der Waals surface area contributed by atoms with E-state index in [0.29, 0.717) is 37.7 Å². The third kappa shape index (κ3) is 3.01. The van der Waals surface area contributed by atoms with Gasteiger partial charge in [0.1, 0.15) is 12.4 Å².